The molecule has 2 aromatic carbocycles. The monoisotopic (exact) mass is 798 g/mol. The first-order valence-corrected chi connectivity index (χ1v) is 14.0. The number of pyridine rings is 2. The van der Waals surface area contributed by atoms with Gasteiger partial charge in [-0.3, -0.25) is 0 Å². The van der Waals surface area contributed by atoms with E-state index < -0.39 is 48.6 Å². The van der Waals surface area contributed by atoms with Crippen molar-refractivity contribution in [1.29, 1.82) is 0 Å². The number of unbranched alkanes of at least 4 members (excludes halogenated alkanes) is 1. The number of aryl methyl sites for hydroxylation is 2. The highest BCUT2D eigenvalue weighted by molar-refractivity contribution is 5.88. The van der Waals surface area contributed by atoms with Crippen LogP contribution in [0.2, 0.25) is 0 Å². The average molecular weight is 799 g/mol. The van der Waals surface area contributed by atoms with E-state index in [1.54, 1.807) is 0 Å². The molecule has 24 heteroatoms. The van der Waals surface area contributed by atoms with Gasteiger partial charge in [-0.25, -0.2) is 9.59 Å². The first-order chi connectivity index (χ1) is 24.5. The summed E-state index contributed by atoms with van der Waals surface area (Å²) in [6.07, 6.45) is -14.2. The highest BCUT2D eigenvalue weighted by atomic mass is 19.4. The van der Waals surface area contributed by atoms with Crippen molar-refractivity contribution in [2.45, 2.75) is 50.6 Å². The number of rotatable bonds is 5. The minimum absolute atomic E-state index is 0.834. The molecule has 0 saturated heterocycles. The Hall–Kier alpha value is -6.10. The summed E-state index contributed by atoms with van der Waals surface area (Å²) in [5.74, 6) is -11.5. The van der Waals surface area contributed by atoms with Gasteiger partial charge in [-0.1, -0.05) is 24.3 Å². The Bertz CT molecular complexity index is 1700. The summed E-state index contributed by atoms with van der Waals surface area (Å²) < 4.78 is 131. The van der Waals surface area contributed by atoms with Crippen molar-refractivity contribution in [3.63, 3.8) is 0 Å². The second-order valence-corrected chi connectivity index (χ2v) is 9.85. The summed E-state index contributed by atoms with van der Waals surface area (Å²) in [6.45, 7) is 1.96. The number of aromatic nitrogens is 2. The highest BCUT2D eigenvalue weighted by Crippen LogP contribution is 2.19. The van der Waals surface area contributed by atoms with E-state index in [0.29, 0.717) is 0 Å². The molecule has 0 fully saturated rings. The number of nitrogens with two attached hydrogens (primary N) is 2. The minimum Gasteiger partial charge on any atom is -0.542 e. The van der Waals surface area contributed by atoms with Crippen molar-refractivity contribution in [3.8, 4) is 0 Å². The Kier molecular flexibility index (Phi) is 17.9. The van der Waals surface area contributed by atoms with Crippen LogP contribution in [-0.4, -0.2) is 58.8 Å². The highest BCUT2D eigenvalue weighted by Gasteiger charge is 2.39. The van der Waals surface area contributed by atoms with Crippen LogP contribution in [0.1, 0.15) is 12.8 Å². The lowest BCUT2D eigenvalue weighted by atomic mass is 10.1. The maximum Gasteiger partial charge on any atom is 0.490 e. The van der Waals surface area contributed by atoms with Gasteiger partial charge in [0, 0.05) is 37.1 Å². The van der Waals surface area contributed by atoms with E-state index in [2.05, 4.69) is 57.9 Å². The minimum atomic E-state index is -5.19. The normalized spacial score (nSPS) is 11.3. The van der Waals surface area contributed by atoms with Crippen LogP contribution in [0, 0.1) is 0 Å². The lowest BCUT2D eigenvalue weighted by Crippen LogP contribution is -2.37. The standard InChI is InChI=1S/C22H22N4.4C2HF3O2/c23-19-11-15-25(21-9-3-1-7-17(19)21)13-5-6-14-26-16-12-20(24)18-8-2-4-10-22(18)26;4*3-2(4,5)1(6)7/h1-4,7-12,15-16,23-24H,5-6,13-14H2;4*(H,6,7). The van der Waals surface area contributed by atoms with Crippen LogP contribution < -0.4 is 30.8 Å². The molecule has 0 atom stereocenters. The summed E-state index contributed by atoms with van der Waals surface area (Å²) >= 11 is 0. The molecular weight excluding hydrogens is 772 g/mol. The number of anilines is 2. The van der Waals surface area contributed by atoms with Crippen molar-refractivity contribution in [3.05, 3.63) is 73.1 Å². The summed E-state index contributed by atoms with van der Waals surface area (Å²) in [4.78, 5) is 35.4. The Labute approximate surface area is 294 Å². The fraction of sp³-hybridized carbons (Fsp3) is 0.267. The molecule has 0 saturated carbocycles. The van der Waals surface area contributed by atoms with Crippen molar-refractivity contribution < 1.29 is 101 Å². The van der Waals surface area contributed by atoms with Crippen LogP contribution in [0.15, 0.2) is 73.1 Å². The van der Waals surface area contributed by atoms with Crippen LogP contribution in [0.4, 0.5) is 64.1 Å². The zero-order valence-corrected chi connectivity index (χ0v) is 26.7. The van der Waals surface area contributed by atoms with Crippen LogP contribution in [-0.2, 0) is 32.3 Å². The zero-order valence-electron chi connectivity index (χ0n) is 26.7. The fourth-order valence-corrected chi connectivity index (χ4v) is 3.57. The Morgan fingerprint density at radius 2 is 0.759 bits per heavy atom. The van der Waals surface area contributed by atoms with Gasteiger partial charge in [0.25, 0.3) is 0 Å². The number of carbonyl (C=O) groups excluding carboxylic acids is 2. The molecule has 12 nitrogen and oxygen atoms in total. The van der Waals surface area contributed by atoms with E-state index in [0.717, 1.165) is 48.1 Å². The summed E-state index contributed by atoms with van der Waals surface area (Å²) in [5.41, 5.74) is 16.2. The molecular formula is C30H26F12N4O8. The molecule has 2 aromatic heterocycles. The number of nitrogens with zero attached hydrogens (tertiary/aromatic N) is 2. The Morgan fingerprint density at radius 1 is 0.519 bits per heavy atom. The van der Waals surface area contributed by atoms with Crippen LogP contribution in [0.3, 0.4) is 0 Å². The van der Waals surface area contributed by atoms with E-state index in [1.807, 2.05) is 24.3 Å². The molecule has 54 heavy (non-hydrogen) atoms. The maximum atomic E-state index is 10.6. The van der Waals surface area contributed by atoms with Crippen molar-refractivity contribution in [2.75, 3.05) is 11.5 Å². The van der Waals surface area contributed by atoms with E-state index in [9.17, 15) is 52.7 Å². The van der Waals surface area contributed by atoms with E-state index >= 15 is 0 Å². The third-order valence-electron chi connectivity index (χ3n) is 5.91. The van der Waals surface area contributed by atoms with E-state index in [-0.39, 0.29) is 0 Å². The molecule has 4 aromatic rings. The molecule has 0 radical (unpaired) electrons. The smallest absolute Gasteiger partial charge is 0.490 e. The van der Waals surface area contributed by atoms with Crippen LogP contribution >= 0.6 is 0 Å². The average Bonchev–Trinajstić information content (AvgIpc) is 3.04. The Balaban J connectivity index is 0.000000820. The molecule has 0 aliphatic heterocycles. The summed E-state index contributed by atoms with van der Waals surface area (Å²) in [6, 6.07) is 20.6. The number of alkyl halides is 12. The van der Waals surface area contributed by atoms with Gasteiger partial charge in [0.05, 0.1) is 22.1 Å². The number of halogens is 12. The second-order valence-electron chi connectivity index (χ2n) is 9.85. The number of carboxylic acid groups (broad SMARTS) is 4. The third kappa shape index (κ3) is 17.4. The molecule has 298 valence electrons. The molecule has 0 aliphatic rings. The van der Waals surface area contributed by atoms with Gasteiger partial charge in [0.1, 0.15) is 25.0 Å². The first kappa shape index (κ1) is 47.9. The Morgan fingerprint density at radius 3 is 0.981 bits per heavy atom. The third-order valence-corrected chi connectivity index (χ3v) is 5.91. The van der Waals surface area contributed by atoms with Crippen molar-refractivity contribution >= 4 is 57.1 Å². The lowest BCUT2D eigenvalue weighted by molar-refractivity contribution is -0.683. The second kappa shape index (κ2) is 20.2. The van der Waals surface area contributed by atoms with Crippen molar-refractivity contribution in [2.24, 2.45) is 0 Å². The molecule has 0 unspecified atom stereocenters. The van der Waals surface area contributed by atoms with Gasteiger partial charge in [-0.2, -0.15) is 61.8 Å². The number of aliphatic carboxylic acids is 4. The van der Waals surface area contributed by atoms with Crippen LogP contribution in [0.25, 0.3) is 21.8 Å². The van der Waals surface area contributed by atoms with E-state index in [4.69, 9.17) is 51.1 Å². The SMILES string of the molecule is Nc1cc[n+](CCCC[n+]2ccc(N)c3ccccc32)c2ccccc12.O=C(O)C(F)(F)F.O=C(O)C(F)(F)F.O=C([O-])C(F)(F)F.O=C([O-])C(F)(F)F. The van der Waals surface area contributed by atoms with Gasteiger partial charge in [-0.05, 0) is 12.1 Å². The molecule has 0 aliphatic carbocycles. The number of hydrogen-bond donors (Lipinski definition) is 4. The zero-order chi connectivity index (χ0) is 42.2. The lowest BCUT2D eigenvalue weighted by Gasteiger charge is -2.05. The largest absolute Gasteiger partial charge is 0.542 e. The first-order valence-electron chi connectivity index (χ1n) is 14.0. The van der Waals surface area contributed by atoms with Crippen LogP contribution in [0.5, 0.6) is 0 Å². The van der Waals surface area contributed by atoms with Gasteiger partial charge in [0.15, 0.2) is 12.4 Å². The summed E-state index contributed by atoms with van der Waals surface area (Å²) in [7, 11) is 0. The molecule has 6 N–H and O–H groups in total. The number of fused-ring (bicyclic) bond motifs is 2. The number of nitrogen functional groups attached to an aromatic ring is 2. The van der Waals surface area contributed by atoms with Gasteiger partial charge < -0.3 is 41.5 Å². The van der Waals surface area contributed by atoms with Gasteiger partial charge in [-0.15, -0.1) is 0 Å². The fourth-order valence-electron chi connectivity index (χ4n) is 3.57. The van der Waals surface area contributed by atoms with Gasteiger partial charge in [0.2, 0.25) is 11.0 Å². The summed E-state index contributed by atoms with van der Waals surface area (Å²) in [5, 5.41) is 34.1. The maximum absolute atomic E-state index is 10.6. The molecule has 2 heterocycles. The molecule has 0 spiro atoms. The predicted octanol–water partition coefficient (Wildman–Crippen LogP) is 3.08. The number of carboxylic acids is 4. The quantitative estimate of drug-likeness (QED) is 0.132. The predicted molar refractivity (Wildman–Crippen MR) is 156 cm³/mol. The van der Waals surface area contributed by atoms with Gasteiger partial charge >= 0.3 is 36.6 Å². The van der Waals surface area contributed by atoms with E-state index in [1.165, 1.54) is 11.0 Å². The topological polar surface area (TPSA) is 215 Å². The number of carbonyl (C=O) groups is 4. The molecule has 4 rings (SSSR count). The molecule has 0 amide bonds. The number of hydrogen-bond acceptors (Lipinski definition) is 8. The molecule has 0 bridgehead atoms. The van der Waals surface area contributed by atoms with Crippen molar-refractivity contribution in [1.82, 2.24) is 0 Å². The number of benzene rings is 2. The number of para-hydroxylation sites is 2.